The van der Waals surface area contributed by atoms with Crippen molar-refractivity contribution in [3.63, 3.8) is 0 Å². The molecule has 0 saturated heterocycles. The van der Waals surface area contributed by atoms with E-state index < -0.39 is 5.97 Å². The van der Waals surface area contributed by atoms with Crippen LogP contribution in [-0.4, -0.2) is 40.0 Å². The number of benzene rings is 1. The maximum atomic E-state index is 12.1. The topological polar surface area (TPSA) is 101 Å². The quantitative estimate of drug-likeness (QED) is 0.618. The molecule has 0 aliphatic rings. The zero-order chi connectivity index (χ0) is 15.2. The van der Waals surface area contributed by atoms with Crippen LogP contribution in [0.5, 0.6) is 5.75 Å². The number of aliphatic carboxylic acids is 1. The van der Waals surface area contributed by atoms with Gasteiger partial charge in [0.15, 0.2) is 4.34 Å². The van der Waals surface area contributed by atoms with Crippen LogP contribution in [0.25, 0.3) is 0 Å². The molecule has 1 aromatic carbocycles. The molecule has 0 saturated carbocycles. The summed E-state index contributed by atoms with van der Waals surface area (Å²) in [5.41, 5.74) is 0.384. The second-order valence-electron chi connectivity index (χ2n) is 3.71. The third kappa shape index (κ3) is 4.17. The fourth-order valence-corrected chi connectivity index (χ4v) is 2.91. The van der Waals surface area contributed by atoms with Gasteiger partial charge in [0.2, 0.25) is 5.13 Å². The second kappa shape index (κ2) is 7.04. The Morgan fingerprint density at radius 3 is 2.86 bits per heavy atom. The Labute approximate surface area is 128 Å². The van der Waals surface area contributed by atoms with Crippen molar-refractivity contribution < 1.29 is 19.4 Å². The Hall–Kier alpha value is -2.13. The predicted octanol–water partition coefficient (Wildman–Crippen LogP) is 1.98. The first-order valence-electron chi connectivity index (χ1n) is 5.72. The smallest absolute Gasteiger partial charge is 0.313 e. The lowest BCUT2D eigenvalue weighted by Gasteiger charge is -2.06. The Kier molecular flexibility index (Phi) is 5.12. The van der Waals surface area contributed by atoms with Crippen LogP contribution in [0.15, 0.2) is 28.6 Å². The maximum Gasteiger partial charge on any atom is 0.313 e. The molecular formula is C12H11N3O4S2. The summed E-state index contributed by atoms with van der Waals surface area (Å²) in [5.74, 6) is -0.942. The minimum Gasteiger partial charge on any atom is -0.496 e. The standard InChI is InChI=1S/C12H11N3O4S2/c1-19-8-5-3-2-4-7(8)10(18)13-11-14-15-12(21-11)20-6-9(16)17/h2-5H,6H2,1H3,(H,16,17)(H,13,14,18). The van der Waals surface area contributed by atoms with Crippen LogP contribution in [0.1, 0.15) is 10.4 Å². The summed E-state index contributed by atoms with van der Waals surface area (Å²) in [6.07, 6.45) is 0. The SMILES string of the molecule is COc1ccccc1C(=O)Nc1nnc(SCC(=O)O)s1. The number of anilines is 1. The van der Waals surface area contributed by atoms with Gasteiger partial charge in [-0.05, 0) is 12.1 Å². The van der Waals surface area contributed by atoms with Crippen molar-refractivity contribution in [2.75, 3.05) is 18.2 Å². The molecule has 0 spiro atoms. The van der Waals surface area contributed by atoms with Gasteiger partial charge >= 0.3 is 5.97 Å². The zero-order valence-corrected chi connectivity index (χ0v) is 12.5. The van der Waals surface area contributed by atoms with Gasteiger partial charge in [-0.15, -0.1) is 10.2 Å². The molecule has 2 aromatic rings. The van der Waals surface area contributed by atoms with Crippen molar-refractivity contribution in [2.45, 2.75) is 4.34 Å². The van der Waals surface area contributed by atoms with E-state index in [0.29, 0.717) is 20.8 Å². The minimum absolute atomic E-state index is 0.102. The Morgan fingerprint density at radius 2 is 2.14 bits per heavy atom. The third-order valence-electron chi connectivity index (χ3n) is 2.30. The molecular weight excluding hydrogens is 314 g/mol. The first-order valence-corrected chi connectivity index (χ1v) is 7.53. The van der Waals surface area contributed by atoms with Crippen LogP contribution in [0.4, 0.5) is 5.13 Å². The number of ether oxygens (including phenoxy) is 1. The molecule has 2 rings (SSSR count). The highest BCUT2D eigenvalue weighted by atomic mass is 32.2. The van der Waals surface area contributed by atoms with E-state index in [2.05, 4.69) is 15.5 Å². The number of carboxylic acids is 1. The van der Waals surface area contributed by atoms with Crippen molar-refractivity contribution in [3.8, 4) is 5.75 Å². The van der Waals surface area contributed by atoms with E-state index in [1.165, 1.54) is 7.11 Å². The van der Waals surface area contributed by atoms with E-state index in [9.17, 15) is 9.59 Å². The number of hydrogen-bond donors (Lipinski definition) is 2. The molecule has 0 fully saturated rings. The third-order valence-corrected chi connectivity index (χ3v) is 4.25. The molecule has 7 nitrogen and oxygen atoms in total. The van der Waals surface area contributed by atoms with Crippen LogP contribution >= 0.6 is 23.1 Å². The molecule has 0 radical (unpaired) electrons. The maximum absolute atomic E-state index is 12.1. The lowest BCUT2D eigenvalue weighted by molar-refractivity contribution is -0.133. The van der Waals surface area contributed by atoms with Gasteiger partial charge in [-0.1, -0.05) is 35.2 Å². The molecule has 1 aromatic heterocycles. The number of carboxylic acid groups (broad SMARTS) is 1. The van der Waals surface area contributed by atoms with E-state index in [1.807, 2.05) is 0 Å². The largest absolute Gasteiger partial charge is 0.496 e. The van der Waals surface area contributed by atoms with E-state index >= 15 is 0 Å². The summed E-state index contributed by atoms with van der Waals surface area (Å²) in [6.45, 7) is 0. The molecule has 110 valence electrons. The lowest BCUT2D eigenvalue weighted by Crippen LogP contribution is -2.12. The molecule has 2 N–H and O–H groups in total. The Morgan fingerprint density at radius 1 is 1.38 bits per heavy atom. The van der Waals surface area contributed by atoms with E-state index in [-0.39, 0.29) is 11.7 Å². The Balaban J connectivity index is 2.04. The van der Waals surface area contributed by atoms with Gasteiger partial charge in [0, 0.05) is 0 Å². The molecule has 0 bridgehead atoms. The second-order valence-corrected chi connectivity index (χ2v) is 5.91. The first-order chi connectivity index (χ1) is 10.1. The lowest BCUT2D eigenvalue weighted by atomic mass is 10.2. The number of nitrogens with zero attached hydrogens (tertiary/aromatic N) is 2. The number of amides is 1. The van der Waals surface area contributed by atoms with Crippen molar-refractivity contribution in [2.24, 2.45) is 0 Å². The molecule has 21 heavy (non-hydrogen) atoms. The van der Waals surface area contributed by atoms with Crippen LogP contribution in [0.2, 0.25) is 0 Å². The minimum atomic E-state index is -0.935. The summed E-state index contributed by atoms with van der Waals surface area (Å²) < 4.78 is 5.59. The number of aromatic nitrogens is 2. The number of rotatable bonds is 6. The van der Waals surface area contributed by atoms with Crippen molar-refractivity contribution in [1.29, 1.82) is 0 Å². The van der Waals surface area contributed by atoms with Gasteiger partial charge in [0.1, 0.15) is 5.75 Å². The van der Waals surface area contributed by atoms with Gasteiger partial charge in [-0.3, -0.25) is 14.9 Å². The highest BCUT2D eigenvalue weighted by Gasteiger charge is 2.14. The van der Waals surface area contributed by atoms with Gasteiger partial charge in [0.25, 0.3) is 5.91 Å². The summed E-state index contributed by atoms with van der Waals surface area (Å²) >= 11 is 2.17. The van der Waals surface area contributed by atoms with Crippen molar-refractivity contribution >= 4 is 40.1 Å². The van der Waals surface area contributed by atoms with Crippen LogP contribution in [0, 0.1) is 0 Å². The van der Waals surface area contributed by atoms with Gasteiger partial charge < -0.3 is 9.84 Å². The number of carbonyl (C=O) groups excluding carboxylic acids is 1. The number of hydrogen-bond acceptors (Lipinski definition) is 7. The fraction of sp³-hybridized carbons (Fsp3) is 0.167. The van der Waals surface area contributed by atoms with Crippen molar-refractivity contribution in [3.05, 3.63) is 29.8 Å². The van der Waals surface area contributed by atoms with Gasteiger partial charge in [-0.2, -0.15) is 0 Å². The van der Waals surface area contributed by atoms with E-state index in [1.54, 1.807) is 24.3 Å². The Bertz CT molecular complexity index is 659. The molecule has 1 heterocycles. The van der Waals surface area contributed by atoms with E-state index in [4.69, 9.17) is 9.84 Å². The highest BCUT2D eigenvalue weighted by molar-refractivity contribution is 8.01. The molecule has 0 unspecified atom stereocenters. The van der Waals surface area contributed by atoms with E-state index in [0.717, 1.165) is 23.1 Å². The van der Waals surface area contributed by atoms with Gasteiger partial charge in [-0.25, -0.2) is 0 Å². The number of methoxy groups -OCH3 is 1. The predicted molar refractivity (Wildman–Crippen MR) is 79.2 cm³/mol. The summed E-state index contributed by atoms with van der Waals surface area (Å²) in [4.78, 5) is 22.6. The fourth-order valence-electron chi connectivity index (χ4n) is 1.44. The normalized spacial score (nSPS) is 10.1. The highest BCUT2D eigenvalue weighted by Crippen LogP contribution is 2.26. The summed E-state index contributed by atoms with van der Waals surface area (Å²) in [5, 5.41) is 19.1. The molecule has 0 aliphatic heterocycles. The van der Waals surface area contributed by atoms with Crippen LogP contribution in [-0.2, 0) is 4.79 Å². The van der Waals surface area contributed by atoms with Crippen LogP contribution in [0.3, 0.4) is 0 Å². The molecule has 9 heteroatoms. The monoisotopic (exact) mass is 325 g/mol. The number of carbonyl (C=O) groups is 2. The average molecular weight is 325 g/mol. The average Bonchev–Trinajstić information content (AvgIpc) is 2.92. The zero-order valence-electron chi connectivity index (χ0n) is 10.9. The molecule has 0 atom stereocenters. The number of thioether (sulfide) groups is 1. The van der Waals surface area contributed by atoms with Crippen molar-refractivity contribution in [1.82, 2.24) is 10.2 Å². The first kappa shape index (κ1) is 15.3. The number of para-hydroxylation sites is 1. The molecule has 1 amide bonds. The molecule has 0 aliphatic carbocycles. The summed E-state index contributed by atoms with van der Waals surface area (Å²) in [6, 6.07) is 6.81. The van der Waals surface area contributed by atoms with Gasteiger partial charge in [0.05, 0.1) is 18.4 Å². The van der Waals surface area contributed by atoms with Crippen LogP contribution < -0.4 is 10.1 Å². The summed E-state index contributed by atoms with van der Waals surface area (Å²) in [7, 11) is 1.48. The number of nitrogens with one attached hydrogen (secondary N) is 1.